The molecule has 3 heterocycles. The summed E-state index contributed by atoms with van der Waals surface area (Å²) in [5, 5.41) is 0. The van der Waals surface area contributed by atoms with Crippen LogP contribution in [0, 0.1) is 20.8 Å². The van der Waals surface area contributed by atoms with E-state index in [4.69, 9.17) is 9.98 Å². The van der Waals surface area contributed by atoms with Crippen molar-refractivity contribution in [2.24, 2.45) is 4.99 Å². The molecule has 7 nitrogen and oxygen atoms in total. The molecule has 0 fully saturated rings. The van der Waals surface area contributed by atoms with Gasteiger partial charge in [0.15, 0.2) is 11.6 Å². The van der Waals surface area contributed by atoms with Gasteiger partial charge in [0.05, 0.1) is 11.4 Å². The Bertz CT molecular complexity index is 1200. The van der Waals surface area contributed by atoms with Crippen molar-refractivity contribution in [3.05, 3.63) is 71.0 Å². The van der Waals surface area contributed by atoms with E-state index in [0.717, 1.165) is 45.3 Å². The number of hydrogen-bond acceptors (Lipinski definition) is 7. The van der Waals surface area contributed by atoms with E-state index in [2.05, 4.69) is 24.9 Å². The molecule has 3 aromatic heterocycles. The third kappa shape index (κ3) is 5.72. The zero-order valence-electron chi connectivity index (χ0n) is 19.1. The SMILES string of the molecule is CC(/C=C(\C)c1nccc(C)n1)=NC(=C(C)C)c1cc(C)nc(-c2cc(C)ncn2)n1. The molecular formula is C24H27N7. The van der Waals surface area contributed by atoms with Gasteiger partial charge in [-0.15, -0.1) is 0 Å². The first-order valence-electron chi connectivity index (χ1n) is 10.1. The topological polar surface area (TPSA) is 89.7 Å². The van der Waals surface area contributed by atoms with E-state index in [0.29, 0.717) is 17.3 Å². The van der Waals surface area contributed by atoms with Gasteiger partial charge in [-0.05, 0) is 83.9 Å². The molecule has 31 heavy (non-hydrogen) atoms. The first-order valence-corrected chi connectivity index (χ1v) is 10.1. The third-order valence-corrected chi connectivity index (χ3v) is 4.46. The number of aromatic nitrogens is 6. The predicted octanol–water partition coefficient (Wildman–Crippen LogP) is 4.96. The van der Waals surface area contributed by atoms with Crippen LogP contribution in [0.15, 0.2) is 47.4 Å². The normalized spacial score (nSPS) is 12.1. The Morgan fingerprint density at radius 2 is 1.61 bits per heavy atom. The highest BCUT2D eigenvalue weighted by Crippen LogP contribution is 2.23. The van der Waals surface area contributed by atoms with Crippen LogP contribution in [0.25, 0.3) is 22.8 Å². The van der Waals surface area contributed by atoms with Crippen LogP contribution < -0.4 is 0 Å². The highest BCUT2D eigenvalue weighted by molar-refractivity contribution is 6.01. The average Bonchev–Trinajstić information content (AvgIpc) is 2.71. The summed E-state index contributed by atoms with van der Waals surface area (Å²) in [5.41, 5.74) is 7.76. The van der Waals surface area contributed by atoms with Crippen LogP contribution in [0.2, 0.25) is 0 Å². The summed E-state index contributed by atoms with van der Waals surface area (Å²) in [6.07, 6.45) is 5.28. The second-order valence-electron chi connectivity index (χ2n) is 7.71. The van der Waals surface area contributed by atoms with Crippen molar-refractivity contribution in [1.29, 1.82) is 0 Å². The first kappa shape index (κ1) is 22.1. The zero-order valence-corrected chi connectivity index (χ0v) is 19.1. The minimum atomic E-state index is 0.562. The average molecular weight is 414 g/mol. The van der Waals surface area contributed by atoms with Gasteiger partial charge >= 0.3 is 0 Å². The predicted molar refractivity (Wildman–Crippen MR) is 124 cm³/mol. The summed E-state index contributed by atoms with van der Waals surface area (Å²) in [7, 11) is 0. The first-order chi connectivity index (χ1) is 14.7. The molecule has 158 valence electrons. The van der Waals surface area contributed by atoms with E-state index in [1.54, 1.807) is 6.20 Å². The van der Waals surface area contributed by atoms with Gasteiger partial charge in [0.2, 0.25) is 0 Å². The fourth-order valence-electron chi connectivity index (χ4n) is 3.03. The van der Waals surface area contributed by atoms with Crippen molar-refractivity contribution in [2.45, 2.75) is 48.5 Å². The molecule has 0 aliphatic rings. The maximum atomic E-state index is 4.87. The maximum absolute atomic E-state index is 4.87. The number of aryl methyl sites for hydroxylation is 3. The van der Waals surface area contributed by atoms with Crippen molar-refractivity contribution >= 4 is 17.0 Å². The highest BCUT2D eigenvalue weighted by Gasteiger charge is 2.12. The molecule has 0 amide bonds. The van der Waals surface area contributed by atoms with Gasteiger partial charge in [0.25, 0.3) is 0 Å². The van der Waals surface area contributed by atoms with E-state index >= 15 is 0 Å². The molecule has 0 aromatic carbocycles. The zero-order chi connectivity index (χ0) is 22.5. The Labute approximate surface area is 183 Å². The Hall–Kier alpha value is -3.61. The Morgan fingerprint density at radius 1 is 0.839 bits per heavy atom. The summed E-state index contributed by atoms with van der Waals surface area (Å²) in [4.78, 5) is 31.5. The molecule has 0 aliphatic heterocycles. The van der Waals surface area contributed by atoms with Gasteiger partial charge in [-0.3, -0.25) is 4.99 Å². The lowest BCUT2D eigenvalue weighted by Gasteiger charge is -2.09. The monoisotopic (exact) mass is 413 g/mol. The lowest BCUT2D eigenvalue weighted by Crippen LogP contribution is -2.01. The Morgan fingerprint density at radius 3 is 2.29 bits per heavy atom. The molecule has 0 radical (unpaired) electrons. The van der Waals surface area contributed by atoms with Crippen LogP contribution in [0.4, 0.5) is 0 Å². The van der Waals surface area contributed by atoms with Crippen LogP contribution in [-0.2, 0) is 0 Å². The standard InChI is InChI=1S/C24H27N7/c1-14(2)22(28-18(6)10-15(3)23-25-9-8-16(4)29-23)20-12-19(7)30-24(31-20)21-11-17(5)26-13-27-21/h8-13H,1-7H3/b15-10+,28-18?. The van der Waals surface area contributed by atoms with Crippen molar-refractivity contribution in [3.8, 4) is 11.5 Å². The number of allylic oxidation sites excluding steroid dienone is 3. The lowest BCUT2D eigenvalue weighted by molar-refractivity contribution is 1.04. The molecule has 0 unspecified atom stereocenters. The van der Waals surface area contributed by atoms with E-state index in [-0.39, 0.29) is 0 Å². The largest absolute Gasteiger partial charge is 0.252 e. The minimum Gasteiger partial charge on any atom is -0.252 e. The fraction of sp³-hybridized carbons (Fsp3) is 0.292. The molecule has 3 aromatic rings. The molecular weight excluding hydrogens is 386 g/mol. The summed E-state index contributed by atoms with van der Waals surface area (Å²) in [6, 6.07) is 5.70. The molecule has 0 N–H and O–H groups in total. The number of aliphatic imine (C=N–C) groups is 1. The van der Waals surface area contributed by atoms with Crippen molar-refractivity contribution in [2.75, 3.05) is 0 Å². The summed E-state index contributed by atoms with van der Waals surface area (Å²) < 4.78 is 0. The minimum absolute atomic E-state index is 0.562. The van der Waals surface area contributed by atoms with Gasteiger partial charge in [-0.2, -0.15) is 0 Å². The van der Waals surface area contributed by atoms with E-state index in [1.165, 1.54) is 6.33 Å². The van der Waals surface area contributed by atoms with E-state index in [1.807, 2.05) is 72.7 Å². The molecule has 0 aliphatic carbocycles. The number of nitrogens with zero attached hydrogens (tertiary/aromatic N) is 7. The smallest absolute Gasteiger partial charge is 0.179 e. The van der Waals surface area contributed by atoms with Gasteiger partial charge in [-0.1, -0.05) is 0 Å². The third-order valence-electron chi connectivity index (χ3n) is 4.46. The number of hydrogen-bond donors (Lipinski definition) is 0. The van der Waals surface area contributed by atoms with Crippen LogP contribution in [0.5, 0.6) is 0 Å². The summed E-state index contributed by atoms with van der Waals surface area (Å²) in [5.74, 6) is 1.26. The van der Waals surface area contributed by atoms with Crippen LogP contribution in [-0.4, -0.2) is 35.6 Å². The van der Waals surface area contributed by atoms with Gasteiger partial charge in [0, 0.05) is 29.0 Å². The van der Waals surface area contributed by atoms with Crippen LogP contribution >= 0.6 is 0 Å². The Balaban J connectivity index is 2.01. The van der Waals surface area contributed by atoms with E-state index < -0.39 is 0 Å². The van der Waals surface area contributed by atoms with Crippen LogP contribution in [0.1, 0.15) is 56.3 Å². The second-order valence-corrected chi connectivity index (χ2v) is 7.71. The second kappa shape index (κ2) is 9.47. The molecule has 7 heteroatoms. The quantitative estimate of drug-likeness (QED) is 0.549. The highest BCUT2D eigenvalue weighted by atomic mass is 15.0. The Kier molecular flexibility index (Phi) is 6.74. The van der Waals surface area contributed by atoms with E-state index in [9.17, 15) is 0 Å². The van der Waals surface area contributed by atoms with Gasteiger partial charge in [0.1, 0.15) is 12.0 Å². The van der Waals surface area contributed by atoms with Gasteiger partial charge < -0.3 is 0 Å². The molecule has 0 saturated heterocycles. The summed E-state index contributed by atoms with van der Waals surface area (Å²) >= 11 is 0. The lowest BCUT2D eigenvalue weighted by atomic mass is 10.1. The van der Waals surface area contributed by atoms with Gasteiger partial charge in [-0.25, -0.2) is 29.9 Å². The molecule has 0 bridgehead atoms. The number of rotatable bonds is 5. The molecule has 0 atom stereocenters. The molecule has 0 spiro atoms. The molecule has 0 saturated carbocycles. The van der Waals surface area contributed by atoms with Crippen molar-refractivity contribution < 1.29 is 0 Å². The fourth-order valence-corrected chi connectivity index (χ4v) is 3.03. The van der Waals surface area contributed by atoms with Crippen molar-refractivity contribution in [1.82, 2.24) is 29.9 Å². The maximum Gasteiger partial charge on any atom is 0.179 e. The van der Waals surface area contributed by atoms with Crippen LogP contribution in [0.3, 0.4) is 0 Å². The van der Waals surface area contributed by atoms with Crippen molar-refractivity contribution in [3.63, 3.8) is 0 Å². The molecule has 3 rings (SSSR count). The summed E-state index contributed by atoms with van der Waals surface area (Å²) in [6.45, 7) is 13.8.